The second-order valence-electron chi connectivity index (χ2n) is 9.14. The minimum Gasteiger partial charge on any atom is -0.481 e. The van der Waals surface area contributed by atoms with Crippen molar-refractivity contribution >= 4 is 11.9 Å². The largest absolute Gasteiger partial charge is 0.481 e. The fraction of sp³-hybridized carbons (Fsp3) is 0.667. The Kier molecular flexibility index (Phi) is 21.3. The molecule has 0 aliphatic rings. The molecule has 0 spiro atoms. The monoisotopic (exact) mass is 473 g/mol. The molecule has 0 fully saturated rings. The van der Waals surface area contributed by atoms with Gasteiger partial charge in [0.2, 0.25) is 5.91 Å². The average Bonchev–Trinajstić information content (AvgIpc) is 2.81. The minimum atomic E-state index is -0.664. The molecule has 0 heterocycles. The quantitative estimate of drug-likeness (QED) is 0.156. The van der Waals surface area contributed by atoms with Crippen LogP contribution in [0.25, 0.3) is 0 Å². The molecule has 1 aromatic carbocycles. The summed E-state index contributed by atoms with van der Waals surface area (Å²) in [5.41, 5.74) is 8.36. The van der Waals surface area contributed by atoms with Gasteiger partial charge in [0.15, 0.2) is 0 Å². The Balaban J connectivity index is 0.000000679. The lowest BCUT2D eigenvalue weighted by molar-refractivity contribution is -0.137. The Morgan fingerprint density at radius 2 is 1.35 bits per heavy atom. The molecule has 34 heavy (non-hydrogen) atoms. The summed E-state index contributed by atoms with van der Waals surface area (Å²) < 4.78 is 0. The number of hydrogen-bond acceptors (Lipinski definition) is 2. The third kappa shape index (κ3) is 17.4. The van der Waals surface area contributed by atoms with Gasteiger partial charge < -0.3 is 10.8 Å². The van der Waals surface area contributed by atoms with E-state index in [4.69, 9.17) is 10.8 Å². The molecule has 1 amide bonds. The van der Waals surface area contributed by atoms with Crippen molar-refractivity contribution in [3.05, 3.63) is 47.0 Å². The molecule has 0 saturated carbocycles. The van der Waals surface area contributed by atoms with Crippen molar-refractivity contribution in [3.63, 3.8) is 0 Å². The Labute approximate surface area is 209 Å². The molecular weight excluding hydrogens is 422 g/mol. The molecule has 0 unspecified atom stereocenters. The first-order valence-corrected chi connectivity index (χ1v) is 13.7. The Hall–Kier alpha value is -2.10. The molecular formula is C30H51NO3. The van der Waals surface area contributed by atoms with Gasteiger partial charge in [0.1, 0.15) is 0 Å². The number of carboxylic acids is 1. The smallest absolute Gasteiger partial charge is 0.303 e. The zero-order valence-electron chi connectivity index (χ0n) is 22.2. The van der Waals surface area contributed by atoms with E-state index in [0.29, 0.717) is 12.0 Å². The van der Waals surface area contributed by atoms with Crippen molar-refractivity contribution in [1.29, 1.82) is 0 Å². The number of carbonyl (C=O) groups excluding carboxylic acids is 1. The van der Waals surface area contributed by atoms with Gasteiger partial charge in [-0.15, -0.1) is 0 Å². The molecule has 0 aliphatic heterocycles. The van der Waals surface area contributed by atoms with Crippen LogP contribution in [0.2, 0.25) is 0 Å². The highest BCUT2D eigenvalue weighted by molar-refractivity contribution is 5.94. The maximum atomic E-state index is 11.2. The third-order valence-electron chi connectivity index (χ3n) is 6.06. The second-order valence-corrected chi connectivity index (χ2v) is 9.14. The lowest BCUT2D eigenvalue weighted by Gasteiger charge is -2.10. The van der Waals surface area contributed by atoms with E-state index in [-0.39, 0.29) is 5.91 Å². The highest BCUT2D eigenvalue weighted by Crippen LogP contribution is 2.17. The number of carboxylic acid groups (broad SMARTS) is 1. The molecule has 1 aromatic rings. The van der Waals surface area contributed by atoms with Gasteiger partial charge in [0, 0.05) is 12.0 Å². The molecule has 0 radical (unpaired) electrons. The number of primary amides is 1. The van der Waals surface area contributed by atoms with E-state index in [1.165, 1.54) is 76.2 Å². The summed E-state index contributed by atoms with van der Waals surface area (Å²) in [4.78, 5) is 21.5. The summed E-state index contributed by atoms with van der Waals surface area (Å²) in [6, 6.07) is 5.79. The Morgan fingerprint density at radius 1 is 0.794 bits per heavy atom. The molecule has 1 rings (SSSR count). The van der Waals surface area contributed by atoms with E-state index in [0.717, 1.165) is 37.7 Å². The molecule has 194 valence electrons. The maximum absolute atomic E-state index is 11.2. The second kappa shape index (κ2) is 22.7. The van der Waals surface area contributed by atoms with Crippen LogP contribution in [0, 0.1) is 0 Å². The van der Waals surface area contributed by atoms with Crippen LogP contribution in [0.1, 0.15) is 139 Å². The number of aryl methyl sites for hydroxylation is 1. The molecule has 0 saturated heterocycles. The van der Waals surface area contributed by atoms with Crippen LogP contribution in [0.3, 0.4) is 0 Å². The standard InChI is InChI=1S/C18H34O2.C12H17NO/c1-2-3-4-5-6-7-8-9-10-11-12-13-14-15-16-17-18(19)20;1-3-6-9-7-5-8-11(12(13)14)10(9)4-2/h9-10H,2-8,11-17H2,1H3,(H,19,20);5,7-8H,3-4,6H2,1-2H3,(H2,13,14)/b10-9-;. The van der Waals surface area contributed by atoms with Crippen molar-refractivity contribution in [2.24, 2.45) is 5.73 Å². The molecule has 3 N–H and O–H groups in total. The van der Waals surface area contributed by atoms with Crippen LogP contribution < -0.4 is 5.73 Å². The lowest BCUT2D eigenvalue weighted by atomic mass is 9.96. The van der Waals surface area contributed by atoms with Crippen molar-refractivity contribution in [2.75, 3.05) is 0 Å². The molecule has 4 nitrogen and oxygen atoms in total. The zero-order valence-corrected chi connectivity index (χ0v) is 22.2. The first-order valence-electron chi connectivity index (χ1n) is 13.7. The normalized spacial score (nSPS) is 10.8. The van der Waals surface area contributed by atoms with Gasteiger partial charge in [-0.1, -0.05) is 103 Å². The van der Waals surface area contributed by atoms with Crippen molar-refractivity contribution in [3.8, 4) is 0 Å². The van der Waals surface area contributed by atoms with E-state index >= 15 is 0 Å². The first kappa shape index (κ1) is 31.9. The number of carbonyl (C=O) groups is 2. The highest BCUT2D eigenvalue weighted by atomic mass is 16.4. The number of amides is 1. The van der Waals surface area contributed by atoms with Crippen LogP contribution in [-0.4, -0.2) is 17.0 Å². The van der Waals surface area contributed by atoms with Gasteiger partial charge in [-0.2, -0.15) is 0 Å². The Bertz CT molecular complexity index is 682. The van der Waals surface area contributed by atoms with Crippen molar-refractivity contribution < 1.29 is 14.7 Å². The fourth-order valence-electron chi connectivity index (χ4n) is 4.13. The van der Waals surface area contributed by atoms with Crippen LogP contribution in [-0.2, 0) is 17.6 Å². The number of nitrogens with two attached hydrogens (primary N) is 1. The van der Waals surface area contributed by atoms with E-state index < -0.39 is 5.97 Å². The number of allylic oxidation sites excluding steroid dienone is 2. The van der Waals surface area contributed by atoms with Gasteiger partial charge in [-0.25, -0.2) is 0 Å². The maximum Gasteiger partial charge on any atom is 0.303 e. The predicted octanol–water partition coefficient (Wildman–Crippen LogP) is 8.41. The fourth-order valence-corrected chi connectivity index (χ4v) is 4.13. The molecule has 0 aromatic heterocycles. The average molecular weight is 474 g/mol. The molecule has 4 heteroatoms. The first-order chi connectivity index (χ1) is 16.5. The molecule has 0 bridgehead atoms. The van der Waals surface area contributed by atoms with E-state index in [1.54, 1.807) is 6.07 Å². The minimum absolute atomic E-state index is 0.320. The number of aliphatic carboxylic acids is 1. The summed E-state index contributed by atoms with van der Waals surface area (Å²) in [5.74, 6) is -0.984. The predicted molar refractivity (Wildman–Crippen MR) is 145 cm³/mol. The highest BCUT2D eigenvalue weighted by Gasteiger charge is 2.09. The van der Waals surface area contributed by atoms with Crippen LogP contribution >= 0.6 is 0 Å². The Morgan fingerprint density at radius 3 is 1.85 bits per heavy atom. The SMILES string of the molecule is CCCCCCCC/C=C\CCCCCCCC(=O)O.CCCc1cccc(C(N)=O)c1CC. The number of rotatable bonds is 19. The summed E-state index contributed by atoms with van der Waals surface area (Å²) in [5, 5.41) is 8.51. The van der Waals surface area contributed by atoms with Gasteiger partial charge in [-0.3, -0.25) is 9.59 Å². The van der Waals surface area contributed by atoms with Gasteiger partial charge >= 0.3 is 5.97 Å². The number of hydrogen-bond donors (Lipinski definition) is 2. The summed E-state index contributed by atoms with van der Waals surface area (Å²) in [6.07, 6.45) is 24.2. The van der Waals surface area contributed by atoms with E-state index in [1.807, 2.05) is 6.07 Å². The van der Waals surface area contributed by atoms with Crippen LogP contribution in [0.15, 0.2) is 30.4 Å². The van der Waals surface area contributed by atoms with Crippen molar-refractivity contribution in [1.82, 2.24) is 0 Å². The van der Waals surface area contributed by atoms with Gasteiger partial charge in [-0.05, 0) is 62.1 Å². The third-order valence-corrected chi connectivity index (χ3v) is 6.06. The molecule has 0 atom stereocenters. The lowest BCUT2D eigenvalue weighted by Crippen LogP contribution is -2.14. The number of unbranched alkanes of at least 4 members (excludes halogenated alkanes) is 11. The van der Waals surface area contributed by atoms with Gasteiger partial charge in [0.05, 0.1) is 0 Å². The van der Waals surface area contributed by atoms with E-state index in [2.05, 4.69) is 39.0 Å². The zero-order chi connectivity index (χ0) is 25.4. The number of benzene rings is 1. The van der Waals surface area contributed by atoms with Crippen LogP contribution in [0.4, 0.5) is 0 Å². The van der Waals surface area contributed by atoms with Crippen LogP contribution in [0.5, 0.6) is 0 Å². The topological polar surface area (TPSA) is 80.4 Å². The summed E-state index contributed by atoms with van der Waals surface area (Å²) in [6.45, 7) is 6.45. The van der Waals surface area contributed by atoms with Crippen molar-refractivity contribution in [2.45, 2.75) is 130 Å². The van der Waals surface area contributed by atoms with E-state index in [9.17, 15) is 9.59 Å². The molecule has 0 aliphatic carbocycles. The summed E-state index contributed by atoms with van der Waals surface area (Å²) in [7, 11) is 0. The summed E-state index contributed by atoms with van der Waals surface area (Å²) >= 11 is 0. The van der Waals surface area contributed by atoms with Gasteiger partial charge in [0.25, 0.3) is 0 Å².